The van der Waals surface area contributed by atoms with Crippen LogP contribution < -0.4 is 5.32 Å². The topological polar surface area (TPSA) is 97.8 Å². The van der Waals surface area contributed by atoms with E-state index in [4.69, 9.17) is 22.0 Å². The Hall–Kier alpha value is -3.23. The summed E-state index contributed by atoms with van der Waals surface area (Å²) in [7, 11) is 0. The number of dihydropyridines is 1. The molecule has 1 atom stereocenters. The lowest BCUT2D eigenvalue weighted by atomic mass is 10.0. The van der Waals surface area contributed by atoms with Crippen LogP contribution in [-0.4, -0.2) is 38.5 Å². The van der Waals surface area contributed by atoms with Gasteiger partial charge in [-0.1, -0.05) is 23.7 Å². The van der Waals surface area contributed by atoms with Crippen LogP contribution in [0.3, 0.4) is 0 Å². The normalized spacial score (nSPS) is 19.8. The third kappa shape index (κ3) is 3.14. The van der Waals surface area contributed by atoms with Crippen molar-refractivity contribution in [1.82, 2.24) is 25.2 Å². The second-order valence-electron chi connectivity index (χ2n) is 6.92. The maximum atomic E-state index is 13.6. The average molecular weight is 437 g/mol. The molecule has 0 saturated carbocycles. The van der Waals surface area contributed by atoms with E-state index in [-0.39, 0.29) is 11.5 Å². The number of carbonyl (C=O) groups excluding carboxylic acids is 1. The Morgan fingerprint density at radius 2 is 2.20 bits per heavy atom. The van der Waals surface area contributed by atoms with E-state index in [2.05, 4.69) is 15.3 Å². The third-order valence-corrected chi connectivity index (χ3v) is 6.49. The molecule has 5 rings (SSSR count). The second kappa shape index (κ2) is 7.55. The largest absolute Gasteiger partial charge is 0.360 e. The molecule has 30 heavy (non-hydrogen) atoms. The van der Waals surface area contributed by atoms with E-state index in [1.54, 1.807) is 40.9 Å². The van der Waals surface area contributed by atoms with Crippen LogP contribution in [-0.2, 0) is 11.2 Å². The number of aromatic amines is 1. The van der Waals surface area contributed by atoms with Crippen molar-refractivity contribution in [2.45, 2.75) is 12.5 Å². The fraction of sp³-hybridized carbons (Fsp3) is 0.143. The predicted octanol–water partition coefficient (Wildman–Crippen LogP) is 3.64. The number of allylic oxidation sites excluding steroid dienone is 3. The first-order chi connectivity index (χ1) is 14.7. The summed E-state index contributed by atoms with van der Waals surface area (Å²) in [4.78, 5) is 27.8. The summed E-state index contributed by atoms with van der Waals surface area (Å²) < 4.78 is 1.06. The molecule has 3 aromatic rings. The highest BCUT2D eigenvalue weighted by atomic mass is 35.5. The second-order valence-corrected chi connectivity index (χ2v) is 8.41. The van der Waals surface area contributed by atoms with Crippen LogP contribution in [0, 0.1) is 5.41 Å². The van der Waals surface area contributed by atoms with Gasteiger partial charge < -0.3 is 20.6 Å². The molecular weight excluding hydrogens is 420 g/mol. The van der Waals surface area contributed by atoms with Crippen molar-refractivity contribution < 1.29 is 4.79 Å². The Morgan fingerprint density at radius 3 is 2.97 bits per heavy atom. The zero-order valence-electron chi connectivity index (χ0n) is 15.7. The molecule has 2 aliphatic rings. The number of nitrogens with one attached hydrogen (secondary N) is 3. The van der Waals surface area contributed by atoms with Gasteiger partial charge in [-0.25, -0.2) is 9.97 Å². The highest BCUT2D eigenvalue weighted by Gasteiger charge is 2.37. The summed E-state index contributed by atoms with van der Waals surface area (Å²) in [5.74, 6) is -0.249. The van der Waals surface area contributed by atoms with Gasteiger partial charge in [-0.15, -0.1) is 11.3 Å². The van der Waals surface area contributed by atoms with Crippen molar-refractivity contribution in [3.05, 3.63) is 81.6 Å². The van der Waals surface area contributed by atoms with Gasteiger partial charge in [0, 0.05) is 31.1 Å². The summed E-state index contributed by atoms with van der Waals surface area (Å²) in [5.41, 5.74) is 3.51. The standard InChI is InChI=1S/C21H17ClN6OS/c22-12-5-6-14(24-10-12)13(9-23)21(29)28-8-7-16-18(26-11-25-16)19(28)20-27-15-3-1-2-4-17(15)30-20/h1-6,9-11,19,23-24H,7-8H2,(H,25,26)/b14-13+,23-9?/t19-/m0/s1. The number of fused-ring (bicyclic) bond motifs is 2. The first-order valence-corrected chi connectivity index (χ1v) is 10.6. The fourth-order valence-electron chi connectivity index (χ4n) is 3.74. The summed E-state index contributed by atoms with van der Waals surface area (Å²) in [6.07, 6.45) is 8.40. The number of hydrogen-bond donors (Lipinski definition) is 3. The van der Waals surface area contributed by atoms with E-state index in [1.165, 1.54) is 0 Å². The van der Waals surface area contributed by atoms with Gasteiger partial charge in [-0.3, -0.25) is 4.79 Å². The summed E-state index contributed by atoms with van der Waals surface area (Å²) >= 11 is 7.52. The number of para-hydroxylation sites is 1. The molecule has 0 aliphatic carbocycles. The lowest BCUT2D eigenvalue weighted by molar-refractivity contribution is -0.128. The number of carbonyl (C=O) groups is 1. The molecule has 4 heterocycles. The van der Waals surface area contributed by atoms with E-state index >= 15 is 0 Å². The molecule has 150 valence electrons. The van der Waals surface area contributed by atoms with Crippen molar-refractivity contribution in [1.29, 1.82) is 5.41 Å². The van der Waals surface area contributed by atoms with Gasteiger partial charge in [0.25, 0.3) is 5.91 Å². The van der Waals surface area contributed by atoms with Crippen molar-refractivity contribution in [2.75, 3.05) is 6.54 Å². The fourth-order valence-corrected chi connectivity index (χ4v) is 4.94. The molecule has 9 heteroatoms. The number of nitrogens with zero attached hydrogens (tertiary/aromatic N) is 3. The zero-order chi connectivity index (χ0) is 20.7. The minimum absolute atomic E-state index is 0.249. The molecule has 0 fully saturated rings. The molecule has 1 amide bonds. The van der Waals surface area contributed by atoms with Gasteiger partial charge in [0.2, 0.25) is 0 Å². The van der Waals surface area contributed by atoms with Crippen LogP contribution in [0.4, 0.5) is 0 Å². The van der Waals surface area contributed by atoms with Gasteiger partial charge >= 0.3 is 0 Å². The van der Waals surface area contributed by atoms with Gasteiger partial charge in [0.1, 0.15) is 11.0 Å². The predicted molar refractivity (Wildman–Crippen MR) is 117 cm³/mol. The number of rotatable bonds is 3. The minimum atomic E-state index is -0.410. The van der Waals surface area contributed by atoms with E-state index in [9.17, 15) is 4.79 Å². The van der Waals surface area contributed by atoms with Crippen LogP contribution in [0.1, 0.15) is 22.4 Å². The van der Waals surface area contributed by atoms with Gasteiger partial charge in [-0.05, 0) is 24.3 Å². The number of hydrogen-bond acceptors (Lipinski definition) is 6. The van der Waals surface area contributed by atoms with E-state index in [1.807, 2.05) is 24.3 Å². The molecule has 0 unspecified atom stereocenters. The highest BCUT2D eigenvalue weighted by Crippen LogP contribution is 2.38. The van der Waals surface area contributed by atoms with Crippen molar-refractivity contribution >= 4 is 45.3 Å². The Bertz CT molecular complexity index is 1220. The maximum absolute atomic E-state index is 13.6. The Morgan fingerprint density at radius 1 is 1.33 bits per heavy atom. The summed E-state index contributed by atoms with van der Waals surface area (Å²) in [5, 5.41) is 12.2. The van der Waals surface area contributed by atoms with Crippen molar-refractivity contribution in [2.24, 2.45) is 0 Å². The lowest BCUT2D eigenvalue weighted by Crippen LogP contribution is -2.42. The number of aromatic nitrogens is 3. The Labute approximate surface area is 181 Å². The number of thiazole rings is 1. The van der Waals surface area contributed by atoms with Gasteiger partial charge in [0.15, 0.2) is 0 Å². The summed E-state index contributed by atoms with van der Waals surface area (Å²) in [6.45, 7) is 0.500. The van der Waals surface area contributed by atoms with Crippen LogP contribution in [0.5, 0.6) is 0 Å². The van der Waals surface area contributed by atoms with E-state index < -0.39 is 6.04 Å². The highest BCUT2D eigenvalue weighted by molar-refractivity contribution is 7.18. The molecule has 0 bridgehead atoms. The quantitative estimate of drug-likeness (QED) is 0.431. The maximum Gasteiger partial charge on any atom is 0.258 e. The van der Waals surface area contributed by atoms with E-state index in [0.717, 1.165) is 32.8 Å². The zero-order valence-corrected chi connectivity index (χ0v) is 17.3. The number of halogens is 1. The van der Waals surface area contributed by atoms with Gasteiger partial charge in [-0.2, -0.15) is 0 Å². The van der Waals surface area contributed by atoms with Crippen LogP contribution in [0.25, 0.3) is 10.2 Å². The molecule has 1 aromatic carbocycles. The first kappa shape index (κ1) is 18.8. The minimum Gasteiger partial charge on any atom is -0.360 e. The Kier molecular flexibility index (Phi) is 4.72. The molecule has 7 nitrogen and oxygen atoms in total. The van der Waals surface area contributed by atoms with Crippen LogP contribution >= 0.6 is 22.9 Å². The smallest absolute Gasteiger partial charge is 0.258 e. The van der Waals surface area contributed by atoms with Crippen LogP contribution in [0.2, 0.25) is 0 Å². The molecular formula is C21H17ClN6OS. The first-order valence-electron chi connectivity index (χ1n) is 9.39. The molecule has 2 aromatic heterocycles. The van der Waals surface area contributed by atoms with Crippen LogP contribution in [0.15, 0.2) is 65.2 Å². The summed E-state index contributed by atoms with van der Waals surface area (Å²) in [6, 6.07) is 7.51. The number of imidazole rings is 1. The molecule has 0 spiro atoms. The SMILES string of the molecule is N=C/C(C(=O)N1CCc2[nH]cnc2[C@H]1c1nc2ccccc2s1)=C1/C=CC(Cl)=CN1. The van der Waals surface area contributed by atoms with Crippen molar-refractivity contribution in [3.63, 3.8) is 0 Å². The number of benzene rings is 1. The van der Waals surface area contributed by atoms with Gasteiger partial charge in [0.05, 0.1) is 38.5 Å². The molecule has 0 radical (unpaired) electrons. The van der Waals surface area contributed by atoms with E-state index in [0.29, 0.717) is 23.7 Å². The third-order valence-electron chi connectivity index (χ3n) is 5.17. The Balaban J connectivity index is 1.59. The van der Waals surface area contributed by atoms with Crippen molar-refractivity contribution in [3.8, 4) is 0 Å². The number of H-pyrrole nitrogens is 1. The molecule has 0 saturated heterocycles. The molecule has 2 aliphatic heterocycles. The lowest BCUT2D eigenvalue weighted by Gasteiger charge is -2.34. The molecule has 3 N–H and O–H groups in total. The monoisotopic (exact) mass is 436 g/mol. The number of amides is 1. The average Bonchev–Trinajstić information content (AvgIpc) is 3.41.